The lowest BCUT2D eigenvalue weighted by molar-refractivity contribution is 0.0954. The summed E-state index contributed by atoms with van der Waals surface area (Å²) in [4.78, 5) is 35.0. The van der Waals surface area contributed by atoms with Gasteiger partial charge in [0.15, 0.2) is 0 Å². The van der Waals surface area contributed by atoms with Crippen molar-refractivity contribution in [2.75, 3.05) is 58.2 Å². The highest BCUT2D eigenvalue weighted by Gasteiger charge is 2.14. The Morgan fingerprint density at radius 3 is 2.81 bits per heavy atom. The van der Waals surface area contributed by atoms with Crippen LogP contribution in [-0.4, -0.2) is 88.5 Å². The number of imidazole rings is 1. The molecule has 1 saturated heterocycles. The molecule has 4 aromatic rings. The zero-order chi connectivity index (χ0) is 25.6. The van der Waals surface area contributed by atoms with E-state index in [1.165, 1.54) is 0 Å². The Morgan fingerprint density at radius 2 is 2.00 bits per heavy atom. The standard InChI is InChI=1S/C27H34N8OS/c1-19-16-31-27(30-7-3-9-35-12-10-34(2)11-13-35)33-25(19)24-14-20-4-5-21(15-23(20)37-24)26(36)29-8-6-22-17-28-18-32-22/h4-5,14-18H,3,6-13H2,1-2H3,(H,28,32)(H,29,36)(H,30,31,33). The van der Waals surface area contributed by atoms with Crippen molar-refractivity contribution in [3.05, 3.63) is 59.8 Å². The normalized spacial score (nSPS) is 14.8. The number of likely N-dealkylation sites (N-methyl/N-ethyl adjacent to an activating group) is 1. The van der Waals surface area contributed by atoms with E-state index >= 15 is 0 Å². The Hall–Kier alpha value is -3.34. The molecule has 0 saturated carbocycles. The number of carbonyl (C=O) groups excluding carboxylic acids is 1. The van der Waals surface area contributed by atoms with Crippen LogP contribution in [0.5, 0.6) is 0 Å². The molecule has 0 unspecified atom stereocenters. The van der Waals surface area contributed by atoms with Gasteiger partial charge in [-0.2, -0.15) is 0 Å². The van der Waals surface area contributed by atoms with Crippen LogP contribution < -0.4 is 10.6 Å². The number of nitrogens with zero attached hydrogens (tertiary/aromatic N) is 5. The molecule has 1 aliphatic heterocycles. The van der Waals surface area contributed by atoms with E-state index in [4.69, 9.17) is 4.98 Å². The molecule has 194 valence electrons. The lowest BCUT2D eigenvalue weighted by atomic mass is 10.1. The average Bonchev–Trinajstić information content (AvgIpc) is 3.58. The summed E-state index contributed by atoms with van der Waals surface area (Å²) in [5, 5.41) is 7.50. The first-order valence-corrected chi connectivity index (χ1v) is 13.6. The van der Waals surface area contributed by atoms with E-state index in [0.717, 1.165) is 84.0 Å². The van der Waals surface area contributed by atoms with E-state index in [1.807, 2.05) is 31.3 Å². The van der Waals surface area contributed by atoms with Crippen LogP contribution in [0.3, 0.4) is 0 Å². The van der Waals surface area contributed by atoms with Crippen LogP contribution in [0.25, 0.3) is 20.7 Å². The van der Waals surface area contributed by atoms with Gasteiger partial charge in [0.2, 0.25) is 5.95 Å². The fourth-order valence-corrected chi connectivity index (χ4v) is 5.63. The smallest absolute Gasteiger partial charge is 0.251 e. The van der Waals surface area contributed by atoms with E-state index in [9.17, 15) is 4.79 Å². The van der Waals surface area contributed by atoms with Gasteiger partial charge in [-0.15, -0.1) is 11.3 Å². The van der Waals surface area contributed by atoms with Crippen LogP contribution >= 0.6 is 11.3 Å². The first-order chi connectivity index (χ1) is 18.0. The second kappa shape index (κ2) is 11.8. The van der Waals surface area contributed by atoms with Gasteiger partial charge in [0.25, 0.3) is 5.91 Å². The molecule has 9 nitrogen and oxygen atoms in total. The van der Waals surface area contributed by atoms with Gasteiger partial charge < -0.3 is 25.4 Å². The molecule has 37 heavy (non-hydrogen) atoms. The number of nitrogens with one attached hydrogen (secondary N) is 3. The molecule has 3 aromatic heterocycles. The average molecular weight is 519 g/mol. The molecule has 0 spiro atoms. The van der Waals surface area contributed by atoms with Gasteiger partial charge in [0, 0.05) is 74.0 Å². The van der Waals surface area contributed by atoms with E-state index in [0.29, 0.717) is 18.1 Å². The highest BCUT2D eigenvalue weighted by atomic mass is 32.1. The van der Waals surface area contributed by atoms with Gasteiger partial charge in [-0.25, -0.2) is 15.0 Å². The number of hydrogen-bond donors (Lipinski definition) is 3. The van der Waals surface area contributed by atoms with E-state index in [2.05, 4.69) is 48.5 Å². The molecule has 1 fully saturated rings. The van der Waals surface area contributed by atoms with Crippen molar-refractivity contribution in [2.24, 2.45) is 0 Å². The summed E-state index contributed by atoms with van der Waals surface area (Å²) < 4.78 is 1.07. The van der Waals surface area contributed by atoms with Gasteiger partial charge in [-0.3, -0.25) is 4.79 Å². The van der Waals surface area contributed by atoms with E-state index in [1.54, 1.807) is 23.9 Å². The maximum absolute atomic E-state index is 12.7. The number of benzene rings is 1. The summed E-state index contributed by atoms with van der Waals surface area (Å²) in [5.74, 6) is 0.589. The number of aromatic nitrogens is 4. The molecule has 0 bridgehead atoms. The predicted molar refractivity (Wildman–Crippen MR) is 149 cm³/mol. The van der Waals surface area contributed by atoms with Crippen molar-refractivity contribution in [1.82, 2.24) is 35.1 Å². The van der Waals surface area contributed by atoms with Crippen molar-refractivity contribution >= 4 is 33.3 Å². The Morgan fingerprint density at radius 1 is 1.14 bits per heavy atom. The number of anilines is 1. The highest BCUT2D eigenvalue weighted by molar-refractivity contribution is 7.22. The second-order valence-corrected chi connectivity index (χ2v) is 10.7. The Kier molecular flexibility index (Phi) is 8.08. The monoisotopic (exact) mass is 518 g/mol. The maximum Gasteiger partial charge on any atom is 0.251 e. The van der Waals surface area contributed by atoms with Crippen LogP contribution in [0.4, 0.5) is 5.95 Å². The van der Waals surface area contributed by atoms with E-state index < -0.39 is 0 Å². The van der Waals surface area contributed by atoms with Crippen LogP contribution in [0.15, 0.2) is 43.0 Å². The summed E-state index contributed by atoms with van der Waals surface area (Å²) in [6.07, 6.45) is 7.08. The second-order valence-electron chi connectivity index (χ2n) is 9.60. The van der Waals surface area contributed by atoms with Crippen molar-refractivity contribution in [3.63, 3.8) is 0 Å². The lowest BCUT2D eigenvalue weighted by Gasteiger charge is -2.32. The largest absolute Gasteiger partial charge is 0.354 e. The molecule has 1 aromatic carbocycles. The number of amides is 1. The molecular formula is C27H34N8OS. The fourth-order valence-electron chi connectivity index (χ4n) is 4.47. The number of carbonyl (C=O) groups is 1. The zero-order valence-electron chi connectivity index (χ0n) is 21.5. The number of rotatable bonds is 10. The highest BCUT2D eigenvalue weighted by Crippen LogP contribution is 2.34. The summed E-state index contributed by atoms with van der Waals surface area (Å²) in [5.41, 5.74) is 3.63. The number of aryl methyl sites for hydroxylation is 1. The Balaban J connectivity index is 1.20. The number of hydrogen-bond acceptors (Lipinski definition) is 8. The number of thiophene rings is 1. The lowest BCUT2D eigenvalue weighted by Crippen LogP contribution is -2.44. The third-order valence-electron chi connectivity index (χ3n) is 6.75. The molecule has 0 radical (unpaired) electrons. The number of piperazine rings is 1. The minimum atomic E-state index is -0.0716. The molecular weight excluding hydrogens is 484 g/mol. The molecule has 0 aliphatic carbocycles. The van der Waals surface area contributed by atoms with Crippen LogP contribution in [0.1, 0.15) is 28.0 Å². The van der Waals surface area contributed by atoms with Gasteiger partial charge in [-0.1, -0.05) is 6.07 Å². The summed E-state index contributed by atoms with van der Waals surface area (Å²) in [6, 6.07) is 7.99. The predicted octanol–water partition coefficient (Wildman–Crippen LogP) is 3.41. The molecule has 4 heterocycles. The molecule has 10 heteroatoms. The zero-order valence-corrected chi connectivity index (χ0v) is 22.3. The number of H-pyrrole nitrogens is 1. The van der Waals surface area contributed by atoms with Crippen molar-refractivity contribution in [3.8, 4) is 10.6 Å². The van der Waals surface area contributed by atoms with Crippen molar-refractivity contribution in [2.45, 2.75) is 19.8 Å². The molecule has 1 amide bonds. The van der Waals surface area contributed by atoms with E-state index in [-0.39, 0.29) is 5.91 Å². The van der Waals surface area contributed by atoms with Crippen LogP contribution in [0, 0.1) is 6.92 Å². The first-order valence-electron chi connectivity index (χ1n) is 12.8. The van der Waals surface area contributed by atoms with Gasteiger partial charge >= 0.3 is 0 Å². The van der Waals surface area contributed by atoms with Crippen LogP contribution in [0.2, 0.25) is 0 Å². The summed E-state index contributed by atoms with van der Waals surface area (Å²) >= 11 is 1.65. The van der Waals surface area contributed by atoms with Crippen molar-refractivity contribution in [1.29, 1.82) is 0 Å². The van der Waals surface area contributed by atoms with Gasteiger partial charge in [0.1, 0.15) is 0 Å². The maximum atomic E-state index is 12.7. The van der Waals surface area contributed by atoms with Gasteiger partial charge in [0.05, 0.1) is 16.9 Å². The fraction of sp³-hybridized carbons (Fsp3) is 0.407. The Labute approximate surface area is 221 Å². The third kappa shape index (κ3) is 6.51. The van der Waals surface area contributed by atoms with Gasteiger partial charge in [-0.05, 0) is 56.1 Å². The summed E-state index contributed by atoms with van der Waals surface area (Å²) in [7, 11) is 2.18. The quantitative estimate of drug-likeness (QED) is 0.277. The topological polar surface area (TPSA) is 102 Å². The molecule has 1 aliphatic rings. The Bertz CT molecular complexity index is 1330. The van der Waals surface area contributed by atoms with Crippen molar-refractivity contribution < 1.29 is 4.79 Å². The third-order valence-corrected chi connectivity index (χ3v) is 7.86. The molecule has 0 atom stereocenters. The molecule has 3 N–H and O–H groups in total. The number of fused-ring (bicyclic) bond motifs is 1. The SMILES string of the molecule is Cc1cnc(NCCCN2CCN(C)CC2)nc1-c1cc2ccc(C(=O)NCCc3cnc[nH]3)cc2s1. The summed E-state index contributed by atoms with van der Waals surface area (Å²) in [6.45, 7) is 9.10. The minimum absolute atomic E-state index is 0.0716. The van der Waals surface area contributed by atoms with Crippen LogP contribution in [-0.2, 0) is 6.42 Å². The number of aromatic amines is 1. The minimum Gasteiger partial charge on any atom is -0.354 e. The molecule has 5 rings (SSSR count). The first kappa shape index (κ1) is 25.3.